The Labute approximate surface area is 287 Å². The first-order valence-corrected chi connectivity index (χ1v) is 16.0. The lowest BCUT2D eigenvalue weighted by atomic mass is 9.98. The van der Waals surface area contributed by atoms with E-state index >= 15 is 0 Å². The molecular formula is C42H26N6O2. The first-order valence-electron chi connectivity index (χ1n) is 16.0. The van der Waals surface area contributed by atoms with Crippen molar-refractivity contribution >= 4 is 45.1 Å². The predicted molar refractivity (Wildman–Crippen MR) is 199 cm³/mol. The third kappa shape index (κ3) is 5.12. The van der Waals surface area contributed by atoms with Crippen molar-refractivity contribution in [1.29, 1.82) is 0 Å². The SMILES string of the molecule is Oc1ccc(C2=C3C=CC(=N3)C(c3ccc(O)cc3)=C3C=CC(=N3)C(c3ccncc3)=C3C=CC(=N3)C(c3ccncc3)=C3C=CC2=N3)cc1. The quantitative estimate of drug-likeness (QED) is 0.235. The van der Waals surface area contributed by atoms with Gasteiger partial charge in [-0.2, -0.15) is 0 Å². The predicted octanol–water partition coefficient (Wildman–Crippen LogP) is 7.89. The molecular weight excluding hydrogens is 621 g/mol. The van der Waals surface area contributed by atoms with E-state index in [1.807, 2.05) is 97.1 Å². The van der Waals surface area contributed by atoms with Gasteiger partial charge < -0.3 is 10.2 Å². The van der Waals surface area contributed by atoms with E-state index in [4.69, 9.17) is 20.0 Å². The molecule has 9 rings (SSSR count). The second-order valence-electron chi connectivity index (χ2n) is 11.9. The van der Waals surface area contributed by atoms with Gasteiger partial charge in [0.05, 0.1) is 45.6 Å². The minimum absolute atomic E-state index is 0.172. The van der Waals surface area contributed by atoms with Crippen LogP contribution in [0.4, 0.5) is 0 Å². The Hall–Kier alpha value is -7.06. The third-order valence-corrected chi connectivity index (χ3v) is 8.86. The van der Waals surface area contributed by atoms with Crippen LogP contribution in [0, 0.1) is 0 Å². The van der Waals surface area contributed by atoms with Gasteiger partial charge in [-0.15, -0.1) is 0 Å². The lowest BCUT2D eigenvalue weighted by molar-refractivity contribution is 0.474. The van der Waals surface area contributed by atoms with Crippen molar-refractivity contribution in [1.82, 2.24) is 9.97 Å². The zero-order valence-electron chi connectivity index (χ0n) is 26.4. The Bertz CT molecular complexity index is 2400. The molecule has 0 radical (unpaired) electrons. The topological polar surface area (TPSA) is 116 Å². The van der Waals surface area contributed by atoms with Gasteiger partial charge in [0, 0.05) is 47.1 Å². The van der Waals surface area contributed by atoms with Gasteiger partial charge in [-0.25, -0.2) is 20.0 Å². The maximum absolute atomic E-state index is 10.1. The normalized spacial score (nSPS) is 17.6. The van der Waals surface area contributed by atoms with E-state index in [0.717, 1.165) is 78.8 Å². The molecule has 0 aliphatic carbocycles. The summed E-state index contributed by atoms with van der Waals surface area (Å²) in [6, 6.07) is 22.0. The minimum Gasteiger partial charge on any atom is -0.508 e. The van der Waals surface area contributed by atoms with Crippen molar-refractivity contribution in [2.75, 3.05) is 0 Å². The highest BCUT2D eigenvalue weighted by atomic mass is 16.3. The Balaban J connectivity index is 1.37. The van der Waals surface area contributed by atoms with Gasteiger partial charge in [-0.05, 0) is 119 Å². The number of phenols is 2. The number of nitrogens with zero attached hydrogens (tertiary/aromatic N) is 6. The summed E-state index contributed by atoms with van der Waals surface area (Å²) in [5.41, 5.74) is 12.9. The van der Waals surface area contributed by atoms with Crippen molar-refractivity contribution in [3.8, 4) is 11.5 Å². The average molecular weight is 647 g/mol. The zero-order chi connectivity index (χ0) is 33.6. The number of rotatable bonds is 4. The standard InChI is InChI=1S/C42H26N6O2/c49-29-5-1-25(2-6-29)39-31-9-10-32(45-31)40(26-3-7-30(50)8-4-26)34-12-14-36(47-34)42(28-19-23-44-24-20-28)38-16-15-37(48-38)41(27-17-21-43-22-18-27)35-13-11-33(39)46-35/h1-24,49-50H. The van der Waals surface area contributed by atoms with Crippen LogP contribution in [0.15, 0.2) is 189 Å². The number of aliphatic imine (C=N–C) groups is 4. The number of phenolic OH excluding ortho intramolecular Hbond substituents is 2. The summed E-state index contributed by atoms with van der Waals surface area (Å²) in [5.74, 6) is 0.343. The highest BCUT2D eigenvalue weighted by Crippen LogP contribution is 2.38. The van der Waals surface area contributed by atoms with Crippen LogP contribution in [-0.4, -0.2) is 43.0 Å². The largest absolute Gasteiger partial charge is 0.508 e. The Kier molecular flexibility index (Phi) is 6.91. The van der Waals surface area contributed by atoms with Crippen LogP contribution < -0.4 is 0 Å². The van der Waals surface area contributed by atoms with Gasteiger partial charge in [0.25, 0.3) is 0 Å². The van der Waals surface area contributed by atoms with Gasteiger partial charge in [0.2, 0.25) is 0 Å². The monoisotopic (exact) mass is 646 g/mol. The van der Waals surface area contributed by atoms with E-state index in [1.54, 1.807) is 49.1 Å². The number of pyridine rings is 2. The van der Waals surface area contributed by atoms with Crippen molar-refractivity contribution in [3.63, 3.8) is 0 Å². The van der Waals surface area contributed by atoms with Gasteiger partial charge >= 0.3 is 0 Å². The van der Waals surface area contributed by atoms with Crippen LogP contribution >= 0.6 is 0 Å². The first-order chi connectivity index (χ1) is 24.6. The fraction of sp³-hybridized carbons (Fsp3) is 0. The third-order valence-electron chi connectivity index (χ3n) is 8.86. The number of allylic oxidation sites excluding steroid dienone is 12. The van der Waals surface area contributed by atoms with E-state index in [9.17, 15) is 10.2 Å². The number of fused-ring (bicyclic) bond motifs is 4. The molecule has 236 valence electrons. The van der Waals surface area contributed by atoms with E-state index in [1.165, 1.54) is 0 Å². The van der Waals surface area contributed by atoms with E-state index in [-0.39, 0.29) is 11.5 Å². The van der Waals surface area contributed by atoms with Crippen LogP contribution in [0.2, 0.25) is 0 Å². The van der Waals surface area contributed by atoms with Crippen LogP contribution in [0.3, 0.4) is 0 Å². The number of aromatic nitrogens is 2. The average Bonchev–Trinajstić information content (AvgIpc) is 3.98. The zero-order valence-corrected chi connectivity index (χ0v) is 26.4. The van der Waals surface area contributed by atoms with Gasteiger partial charge in [0.15, 0.2) is 0 Å². The van der Waals surface area contributed by atoms with E-state index < -0.39 is 0 Å². The molecule has 2 N–H and O–H groups in total. The summed E-state index contributed by atoms with van der Waals surface area (Å²) in [5, 5.41) is 20.3. The van der Waals surface area contributed by atoms with Crippen LogP contribution in [0.5, 0.6) is 11.5 Å². The number of aromatic hydroxyl groups is 2. The molecule has 8 heteroatoms. The lowest BCUT2D eigenvalue weighted by Gasteiger charge is -2.12. The fourth-order valence-electron chi connectivity index (χ4n) is 6.56. The number of hydrogen-bond donors (Lipinski definition) is 2. The number of hydrogen-bond acceptors (Lipinski definition) is 8. The second kappa shape index (κ2) is 11.9. The molecule has 50 heavy (non-hydrogen) atoms. The summed E-state index contributed by atoms with van der Waals surface area (Å²) in [6.45, 7) is 0. The molecule has 0 fully saturated rings. The van der Waals surface area contributed by atoms with Crippen molar-refractivity contribution in [3.05, 3.63) is 191 Å². The highest BCUT2D eigenvalue weighted by molar-refractivity contribution is 6.39. The molecule has 5 aliphatic heterocycles. The summed E-state index contributed by atoms with van der Waals surface area (Å²) in [4.78, 5) is 29.4. The van der Waals surface area contributed by atoms with Gasteiger partial charge in [0.1, 0.15) is 11.5 Å². The smallest absolute Gasteiger partial charge is 0.115 e. The lowest BCUT2D eigenvalue weighted by Crippen LogP contribution is -2.03. The number of benzene rings is 2. The fourth-order valence-corrected chi connectivity index (χ4v) is 6.56. The van der Waals surface area contributed by atoms with Crippen LogP contribution in [0.25, 0.3) is 22.3 Å². The molecule has 0 atom stereocenters. The molecule has 0 spiro atoms. The summed E-state index contributed by atoms with van der Waals surface area (Å²) in [6.07, 6.45) is 23.1. The summed E-state index contributed by atoms with van der Waals surface area (Å²) < 4.78 is 0. The molecule has 0 saturated heterocycles. The van der Waals surface area contributed by atoms with E-state index in [2.05, 4.69) is 9.97 Å². The Morgan fingerprint density at radius 2 is 0.560 bits per heavy atom. The molecule has 8 nitrogen and oxygen atoms in total. The van der Waals surface area contributed by atoms with Crippen molar-refractivity contribution in [2.24, 2.45) is 20.0 Å². The molecule has 0 saturated carbocycles. The summed E-state index contributed by atoms with van der Waals surface area (Å²) in [7, 11) is 0. The van der Waals surface area contributed by atoms with Crippen LogP contribution in [0.1, 0.15) is 22.3 Å². The molecule has 4 aromatic rings. The Morgan fingerprint density at radius 3 is 0.840 bits per heavy atom. The van der Waals surface area contributed by atoms with Gasteiger partial charge in [-0.1, -0.05) is 24.3 Å². The van der Waals surface area contributed by atoms with Crippen LogP contribution in [-0.2, 0) is 0 Å². The molecule has 2 aromatic carbocycles. The van der Waals surface area contributed by atoms with Crippen molar-refractivity contribution < 1.29 is 10.2 Å². The molecule has 5 aliphatic rings. The minimum atomic E-state index is 0.172. The van der Waals surface area contributed by atoms with Crippen molar-refractivity contribution in [2.45, 2.75) is 0 Å². The molecule has 8 bridgehead atoms. The molecule has 7 heterocycles. The molecule has 0 amide bonds. The summed E-state index contributed by atoms with van der Waals surface area (Å²) >= 11 is 0. The second-order valence-corrected chi connectivity index (χ2v) is 11.9. The van der Waals surface area contributed by atoms with Gasteiger partial charge in [-0.3, -0.25) is 9.97 Å². The first kappa shape index (κ1) is 29.1. The molecule has 2 aromatic heterocycles. The molecule has 0 unspecified atom stereocenters. The maximum Gasteiger partial charge on any atom is 0.115 e. The maximum atomic E-state index is 10.1. The highest BCUT2D eigenvalue weighted by Gasteiger charge is 2.27. The van der Waals surface area contributed by atoms with E-state index in [0.29, 0.717) is 11.4 Å². The Morgan fingerprint density at radius 1 is 0.300 bits per heavy atom.